The lowest BCUT2D eigenvalue weighted by Crippen LogP contribution is -2.34. The lowest BCUT2D eigenvalue weighted by Gasteiger charge is -2.12. The predicted molar refractivity (Wildman–Crippen MR) is 97.3 cm³/mol. The first-order valence-corrected chi connectivity index (χ1v) is 8.39. The fourth-order valence-electron chi connectivity index (χ4n) is 2.44. The number of halogens is 3. The van der Waals surface area contributed by atoms with Gasteiger partial charge < -0.3 is 15.2 Å². The van der Waals surface area contributed by atoms with E-state index >= 15 is 0 Å². The molecule has 7 nitrogen and oxygen atoms in total. The molecular weight excluding hydrogens is 389 g/mol. The van der Waals surface area contributed by atoms with E-state index in [1.54, 1.807) is 30.4 Å². The van der Waals surface area contributed by atoms with Gasteiger partial charge in [-0.05, 0) is 43.3 Å². The second-order valence-electron chi connectivity index (χ2n) is 6.02. The Labute approximate surface area is 162 Å². The van der Waals surface area contributed by atoms with Crippen LogP contribution in [0.1, 0.15) is 26.5 Å². The molecule has 2 N–H and O–H groups in total. The van der Waals surface area contributed by atoms with Gasteiger partial charge in [0.2, 0.25) is 0 Å². The van der Waals surface area contributed by atoms with Crippen LogP contribution in [0, 0.1) is 6.92 Å². The Bertz CT molecular complexity index is 1030. The molecule has 10 heteroatoms. The van der Waals surface area contributed by atoms with Crippen molar-refractivity contribution in [3.63, 3.8) is 0 Å². The van der Waals surface area contributed by atoms with Crippen LogP contribution in [0.15, 0.2) is 53.1 Å². The van der Waals surface area contributed by atoms with E-state index in [9.17, 15) is 22.8 Å². The Morgan fingerprint density at radius 3 is 2.34 bits per heavy atom. The molecule has 150 valence electrons. The fraction of sp³-hybridized carbons (Fsp3) is 0.158. The van der Waals surface area contributed by atoms with Crippen molar-refractivity contribution in [3.05, 3.63) is 65.5 Å². The SMILES string of the molecule is Cc1noc(-c2ccc(C(=O)Nc3ccccc3C(=O)NCC(F)(F)F)cc2)n1. The molecule has 3 aromatic rings. The molecule has 3 rings (SSSR count). The first kappa shape index (κ1) is 20.1. The summed E-state index contributed by atoms with van der Waals surface area (Å²) in [7, 11) is 0. The molecule has 1 aromatic heterocycles. The minimum Gasteiger partial charge on any atom is -0.343 e. The van der Waals surface area contributed by atoms with Crippen molar-refractivity contribution in [2.45, 2.75) is 13.1 Å². The van der Waals surface area contributed by atoms with Gasteiger partial charge in [-0.15, -0.1) is 0 Å². The molecule has 0 saturated heterocycles. The van der Waals surface area contributed by atoms with Crippen LogP contribution in [-0.2, 0) is 0 Å². The van der Waals surface area contributed by atoms with Crippen molar-refractivity contribution in [1.29, 1.82) is 0 Å². The molecule has 0 unspecified atom stereocenters. The minimum absolute atomic E-state index is 0.0805. The van der Waals surface area contributed by atoms with E-state index < -0.39 is 24.5 Å². The number of aryl methyl sites for hydroxylation is 1. The highest BCUT2D eigenvalue weighted by molar-refractivity contribution is 6.09. The molecule has 0 aliphatic rings. The molecule has 0 saturated carbocycles. The quantitative estimate of drug-likeness (QED) is 0.677. The van der Waals surface area contributed by atoms with E-state index in [0.29, 0.717) is 17.3 Å². The average Bonchev–Trinajstić information content (AvgIpc) is 3.12. The molecule has 2 aromatic carbocycles. The number of nitrogens with one attached hydrogen (secondary N) is 2. The van der Waals surface area contributed by atoms with E-state index in [0.717, 1.165) is 0 Å². The zero-order chi connectivity index (χ0) is 21.0. The molecule has 0 aliphatic heterocycles. The standard InChI is InChI=1S/C19H15F3N4O3/c1-11-24-18(29-26-11)13-8-6-12(7-9-13)16(27)25-15-5-3-2-4-14(15)17(28)23-10-19(20,21)22/h2-9H,10H2,1H3,(H,23,28)(H,25,27). The summed E-state index contributed by atoms with van der Waals surface area (Å²) in [5.41, 5.74) is 0.904. The summed E-state index contributed by atoms with van der Waals surface area (Å²) in [6.07, 6.45) is -4.54. The lowest BCUT2D eigenvalue weighted by atomic mass is 10.1. The van der Waals surface area contributed by atoms with Gasteiger partial charge in [0.1, 0.15) is 6.54 Å². The highest BCUT2D eigenvalue weighted by Crippen LogP contribution is 2.20. The maximum Gasteiger partial charge on any atom is 0.405 e. The molecule has 0 aliphatic carbocycles. The third-order valence-corrected chi connectivity index (χ3v) is 3.79. The smallest absolute Gasteiger partial charge is 0.343 e. The molecule has 1 heterocycles. The molecule has 0 fully saturated rings. The van der Waals surface area contributed by atoms with Crippen molar-refractivity contribution < 1.29 is 27.3 Å². The normalized spacial score (nSPS) is 11.2. The van der Waals surface area contributed by atoms with Crippen molar-refractivity contribution in [2.75, 3.05) is 11.9 Å². The first-order valence-electron chi connectivity index (χ1n) is 8.39. The van der Waals surface area contributed by atoms with Gasteiger partial charge in [-0.3, -0.25) is 9.59 Å². The summed E-state index contributed by atoms with van der Waals surface area (Å²) in [6, 6.07) is 12.1. The van der Waals surface area contributed by atoms with Crippen LogP contribution in [0.3, 0.4) is 0 Å². The largest absolute Gasteiger partial charge is 0.405 e. The van der Waals surface area contributed by atoms with Crippen molar-refractivity contribution >= 4 is 17.5 Å². The molecule has 2 amide bonds. The second-order valence-corrected chi connectivity index (χ2v) is 6.02. The van der Waals surface area contributed by atoms with E-state index in [2.05, 4.69) is 15.5 Å². The van der Waals surface area contributed by atoms with Gasteiger partial charge in [0.15, 0.2) is 5.82 Å². The second kappa shape index (κ2) is 8.13. The summed E-state index contributed by atoms with van der Waals surface area (Å²) in [5.74, 6) is -0.696. The van der Waals surface area contributed by atoms with Gasteiger partial charge in [0.05, 0.1) is 11.3 Å². The van der Waals surface area contributed by atoms with Gasteiger partial charge in [0, 0.05) is 11.1 Å². The maximum absolute atomic E-state index is 12.5. The zero-order valence-electron chi connectivity index (χ0n) is 15.1. The minimum atomic E-state index is -4.54. The van der Waals surface area contributed by atoms with Crippen LogP contribution in [-0.4, -0.2) is 34.7 Å². The summed E-state index contributed by atoms with van der Waals surface area (Å²) in [5, 5.41) is 8.01. The van der Waals surface area contributed by atoms with Crippen LogP contribution in [0.25, 0.3) is 11.5 Å². The van der Waals surface area contributed by atoms with Crippen LogP contribution >= 0.6 is 0 Å². The highest BCUT2D eigenvalue weighted by atomic mass is 19.4. The van der Waals surface area contributed by atoms with Crippen molar-refractivity contribution in [2.24, 2.45) is 0 Å². The van der Waals surface area contributed by atoms with Crippen LogP contribution < -0.4 is 10.6 Å². The van der Waals surface area contributed by atoms with E-state index in [4.69, 9.17) is 4.52 Å². The number of benzene rings is 2. The monoisotopic (exact) mass is 404 g/mol. The van der Waals surface area contributed by atoms with Crippen molar-refractivity contribution in [1.82, 2.24) is 15.5 Å². The molecule has 0 atom stereocenters. The van der Waals surface area contributed by atoms with Crippen molar-refractivity contribution in [3.8, 4) is 11.5 Å². The topological polar surface area (TPSA) is 97.1 Å². The summed E-state index contributed by atoms with van der Waals surface area (Å²) < 4.78 is 42.0. The van der Waals surface area contributed by atoms with Crippen LogP contribution in [0.4, 0.5) is 18.9 Å². The molecule has 0 spiro atoms. The Hall–Kier alpha value is -3.69. The zero-order valence-corrected chi connectivity index (χ0v) is 15.1. The molecule has 0 radical (unpaired) electrons. The van der Waals surface area contributed by atoms with Gasteiger partial charge >= 0.3 is 6.18 Å². The van der Waals surface area contributed by atoms with E-state index in [1.807, 2.05) is 0 Å². The number of anilines is 1. The molecule has 29 heavy (non-hydrogen) atoms. The number of alkyl halides is 3. The number of hydrogen-bond acceptors (Lipinski definition) is 5. The highest BCUT2D eigenvalue weighted by Gasteiger charge is 2.28. The Morgan fingerprint density at radius 1 is 1.03 bits per heavy atom. The molecular formula is C19H15F3N4O3. The number of carbonyl (C=O) groups excluding carboxylic acids is 2. The Balaban J connectivity index is 1.73. The lowest BCUT2D eigenvalue weighted by molar-refractivity contribution is -0.123. The number of nitrogens with zero attached hydrogens (tertiary/aromatic N) is 2. The van der Waals surface area contributed by atoms with Gasteiger partial charge in [-0.2, -0.15) is 18.2 Å². The van der Waals surface area contributed by atoms with Gasteiger partial charge in [0.25, 0.3) is 17.7 Å². The summed E-state index contributed by atoms with van der Waals surface area (Å²) in [6.45, 7) is 0.210. The summed E-state index contributed by atoms with van der Waals surface area (Å²) >= 11 is 0. The Kier molecular flexibility index (Phi) is 5.62. The fourth-order valence-corrected chi connectivity index (χ4v) is 2.44. The van der Waals surface area contributed by atoms with Gasteiger partial charge in [-0.1, -0.05) is 17.3 Å². The summed E-state index contributed by atoms with van der Waals surface area (Å²) in [4.78, 5) is 28.6. The van der Waals surface area contributed by atoms with Gasteiger partial charge in [-0.25, -0.2) is 0 Å². The number of hydrogen-bond donors (Lipinski definition) is 2. The average molecular weight is 404 g/mol. The van der Waals surface area contributed by atoms with E-state index in [-0.39, 0.29) is 16.8 Å². The number of para-hydroxylation sites is 1. The predicted octanol–water partition coefficient (Wildman–Crippen LogP) is 3.59. The number of rotatable bonds is 5. The number of aromatic nitrogens is 2. The third kappa shape index (κ3) is 5.18. The maximum atomic E-state index is 12.5. The Morgan fingerprint density at radius 2 is 1.72 bits per heavy atom. The molecule has 0 bridgehead atoms. The third-order valence-electron chi connectivity index (χ3n) is 3.79. The number of carbonyl (C=O) groups is 2. The first-order chi connectivity index (χ1) is 13.7. The number of amides is 2. The van der Waals surface area contributed by atoms with Crippen LogP contribution in [0.2, 0.25) is 0 Å². The van der Waals surface area contributed by atoms with E-state index in [1.165, 1.54) is 30.3 Å². The van der Waals surface area contributed by atoms with Crippen LogP contribution in [0.5, 0.6) is 0 Å².